The van der Waals surface area contributed by atoms with Crippen molar-refractivity contribution in [2.45, 2.75) is 12.5 Å². The lowest BCUT2D eigenvalue weighted by Gasteiger charge is -2.12. The van der Waals surface area contributed by atoms with Gasteiger partial charge in [0.1, 0.15) is 11.5 Å². The van der Waals surface area contributed by atoms with Gasteiger partial charge in [0.2, 0.25) is 0 Å². The molecule has 1 atom stereocenters. The smallest absolute Gasteiger partial charge is 0.255 e. The molecule has 0 saturated carbocycles. The summed E-state index contributed by atoms with van der Waals surface area (Å²) in [6.45, 7) is 0.599. The number of hydrogen-bond donors (Lipinski definition) is 2. The third-order valence-electron chi connectivity index (χ3n) is 2.77. The topological polar surface area (TPSA) is 77.0 Å². The largest absolute Gasteiger partial charge is 0.497 e. The first kappa shape index (κ1) is 16.3. The van der Waals surface area contributed by atoms with Crippen LogP contribution >= 0.6 is 0 Å². The van der Waals surface area contributed by atoms with Crippen molar-refractivity contribution in [3.05, 3.63) is 23.8 Å². The fourth-order valence-corrected chi connectivity index (χ4v) is 1.71. The monoisotopic (exact) mass is 283 g/mol. The highest BCUT2D eigenvalue weighted by molar-refractivity contribution is 5.97. The molecule has 0 spiro atoms. The molecule has 0 aliphatic heterocycles. The van der Waals surface area contributed by atoms with Gasteiger partial charge in [-0.15, -0.1) is 0 Å². The number of ether oxygens (including phenoxy) is 3. The first-order valence-electron chi connectivity index (χ1n) is 6.29. The molecule has 0 heterocycles. The second-order valence-corrected chi connectivity index (χ2v) is 4.22. The van der Waals surface area contributed by atoms with Crippen LogP contribution in [0, 0.1) is 0 Å². The molecule has 1 amide bonds. The molecule has 0 aliphatic rings. The lowest BCUT2D eigenvalue weighted by Crippen LogP contribution is -2.28. The number of nitrogens with one attached hydrogen (secondary N) is 1. The summed E-state index contributed by atoms with van der Waals surface area (Å²) in [5.74, 6) is 0.779. The Morgan fingerprint density at radius 2 is 2.05 bits per heavy atom. The van der Waals surface area contributed by atoms with E-state index in [-0.39, 0.29) is 12.5 Å². The van der Waals surface area contributed by atoms with Gasteiger partial charge in [-0.25, -0.2) is 0 Å². The zero-order valence-electron chi connectivity index (χ0n) is 12.0. The molecular formula is C14H21NO5. The zero-order valence-corrected chi connectivity index (χ0v) is 12.0. The van der Waals surface area contributed by atoms with Gasteiger partial charge in [-0.2, -0.15) is 0 Å². The maximum absolute atomic E-state index is 12.1. The van der Waals surface area contributed by atoms with E-state index in [1.54, 1.807) is 18.2 Å². The number of hydrogen-bond acceptors (Lipinski definition) is 5. The van der Waals surface area contributed by atoms with Crippen molar-refractivity contribution in [3.63, 3.8) is 0 Å². The minimum Gasteiger partial charge on any atom is -0.497 e. The summed E-state index contributed by atoms with van der Waals surface area (Å²) in [7, 11) is 4.55. The number of carbonyl (C=O) groups excluding carboxylic acids is 1. The van der Waals surface area contributed by atoms with Crippen molar-refractivity contribution in [3.8, 4) is 11.5 Å². The normalized spacial score (nSPS) is 11.8. The molecule has 0 aromatic heterocycles. The van der Waals surface area contributed by atoms with Crippen molar-refractivity contribution >= 4 is 5.91 Å². The van der Waals surface area contributed by atoms with Gasteiger partial charge in [0.15, 0.2) is 0 Å². The molecule has 112 valence electrons. The van der Waals surface area contributed by atoms with E-state index in [1.807, 2.05) is 0 Å². The second-order valence-electron chi connectivity index (χ2n) is 4.22. The summed E-state index contributed by atoms with van der Waals surface area (Å²) < 4.78 is 15.0. The zero-order chi connectivity index (χ0) is 15.0. The molecule has 6 heteroatoms. The number of benzene rings is 1. The molecule has 1 unspecified atom stereocenters. The van der Waals surface area contributed by atoms with Gasteiger partial charge < -0.3 is 24.6 Å². The lowest BCUT2D eigenvalue weighted by molar-refractivity contribution is 0.0587. The Morgan fingerprint density at radius 1 is 1.30 bits per heavy atom. The van der Waals surface area contributed by atoms with Gasteiger partial charge in [0.05, 0.1) is 32.5 Å². The predicted molar refractivity (Wildman–Crippen MR) is 74.4 cm³/mol. The minimum atomic E-state index is -0.590. The van der Waals surface area contributed by atoms with Gasteiger partial charge in [0.25, 0.3) is 5.91 Å². The Hall–Kier alpha value is -1.79. The molecule has 1 aromatic rings. The van der Waals surface area contributed by atoms with Crippen molar-refractivity contribution < 1.29 is 24.1 Å². The van der Waals surface area contributed by atoms with E-state index in [0.29, 0.717) is 30.0 Å². The third kappa shape index (κ3) is 4.71. The van der Waals surface area contributed by atoms with Gasteiger partial charge in [-0.1, -0.05) is 0 Å². The van der Waals surface area contributed by atoms with E-state index < -0.39 is 6.10 Å². The third-order valence-corrected chi connectivity index (χ3v) is 2.77. The lowest BCUT2D eigenvalue weighted by atomic mass is 10.1. The number of carbonyl (C=O) groups is 1. The van der Waals surface area contributed by atoms with Gasteiger partial charge >= 0.3 is 0 Å². The van der Waals surface area contributed by atoms with E-state index in [1.165, 1.54) is 21.3 Å². The maximum Gasteiger partial charge on any atom is 0.255 e. The fraction of sp³-hybridized carbons (Fsp3) is 0.500. The Labute approximate surface area is 118 Å². The Balaban J connectivity index is 2.62. The van der Waals surface area contributed by atoms with Crippen LogP contribution in [0.25, 0.3) is 0 Å². The van der Waals surface area contributed by atoms with E-state index in [0.717, 1.165) is 0 Å². The summed E-state index contributed by atoms with van der Waals surface area (Å²) in [5.41, 5.74) is 0.396. The van der Waals surface area contributed by atoms with Gasteiger partial charge in [0, 0.05) is 13.7 Å². The first-order chi connectivity index (χ1) is 9.62. The molecule has 0 radical (unpaired) electrons. The summed E-state index contributed by atoms with van der Waals surface area (Å²) >= 11 is 0. The molecule has 1 rings (SSSR count). The van der Waals surface area contributed by atoms with Crippen LogP contribution in [0.4, 0.5) is 0 Å². The molecule has 6 nitrogen and oxygen atoms in total. The van der Waals surface area contributed by atoms with Crippen molar-refractivity contribution in [1.29, 1.82) is 0 Å². The number of methoxy groups -OCH3 is 3. The van der Waals surface area contributed by atoms with Crippen LogP contribution < -0.4 is 14.8 Å². The van der Waals surface area contributed by atoms with Gasteiger partial charge in [-0.05, 0) is 24.6 Å². The van der Waals surface area contributed by atoms with Crippen LogP contribution in [0.15, 0.2) is 18.2 Å². The Morgan fingerprint density at radius 3 is 2.65 bits per heavy atom. The van der Waals surface area contributed by atoms with Crippen LogP contribution in [0.3, 0.4) is 0 Å². The molecule has 0 aliphatic carbocycles. The summed E-state index contributed by atoms with van der Waals surface area (Å²) in [4.78, 5) is 12.1. The number of aliphatic hydroxyl groups excluding tert-OH is 1. The average Bonchev–Trinajstić information content (AvgIpc) is 2.46. The number of rotatable bonds is 8. The molecule has 0 bridgehead atoms. The molecular weight excluding hydrogens is 262 g/mol. The van der Waals surface area contributed by atoms with Crippen LogP contribution in [0.5, 0.6) is 11.5 Å². The predicted octanol–water partition coefficient (Wildman–Crippen LogP) is 0.831. The highest BCUT2D eigenvalue weighted by atomic mass is 16.5. The highest BCUT2D eigenvalue weighted by Gasteiger charge is 2.13. The molecule has 1 aromatic carbocycles. The van der Waals surface area contributed by atoms with Crippen LogP contribution in [-0.2, 0) is 4.74 Å². The Kier molecular flexibility index (Phi) is 6.83. The number of aliphatic hydroxyl groups is 1. The molecule has 20 heavy (non-hydrogen) atoms. The summed E-state index contributed by atoms with van der Waals surface area (Å²) in [6, 6.07) is 5.01. The highest BCUT2D eigenvalue weighted by Crippen LogP contribution is 2.23. The fourth-order valence-electron chi connectivity index (χ4n) is 1.71. The van der Waals surface area contributed by atoms with Crippen molar-refractivity contribution in [2.75, 3.05) is 34.5 Å². The molecule has 0 saturated heterocycles. The molecule has 0 fully saturated rings. The quantitative estimate of drug-likeness (QED) is 0.739. The van der Waals surface area contributed by atoms with Crippen molar-refractivity contribution in [1.82, 2.24) is 5.32 Å². The van der Waals surface area contributed by atoms with E-state index >= 15 is 0 Å². The summed E-state index contributed by atoms with van der Waals surface area (Å²) in [6.07, 6.45) is -0.168. The van der Waals surface area contributed by atoms with Crippen LogP contribution in [0.2, 0.25) is 0 Å². The second kappa shape index (κ2) is 8.39. The van der Waals surface area contributed by atoms with Gasteiger partial charge in [-0.3, -0.25) is 4.79 Å². The average molecular weight is 283 g/mol. The van der Waals surface area contributed by atoms with E-state index in [9.17, 15) is 9.90 Å². The molecule has 2 N–H and O–H groups in total. The van der Waals surface area contributed by atoms with E-state index in [2.05, 4.69) is 5.32 Å². The minimum absolute atomic E-state index is 0.248. The first-order valence-corrected chi connectivity index (χ1v) is 6.29. The summed E-state index contributed by atoms with van der Waals surface area (Å²) in [5, 5.41) is 12.2. The SMILES string of the molecule is COCC(O)CCNC(=O)c1cc(OC)ccc1OC. The number of amides is 1. The van der Waals surface area contributed by atoms with Crippen LogP contribution in [0.1, 0.15) is 16.8 Å². The van der Waals surface area contributed by atoms with Crippen LogP contribution in [-0.4, -0.2) is 51.6 Å². The van der Waals surface area contributed by atoms with E-state index in [4.69, 9.17) is 14.2 Å². The Bertz CT molecular complexity index is 436. The van der Waals surface area contributed by atoms with Crippen molar-refractivity contribution in [2.24, 2.45) is 0 Å². The maximum atomic E-state index is 12.1. The standard InChI is InChI=1S/C14H21NO5/c1-18-9-10(16)6-7-15-14(17)12-8-11(19-2)4-5-13(12)20-3/h4-5,8,10,16H,6-7,9H2,1-3H3,(H,15,17).